The van der Waals surface area contributed by atoms with Gasteiger partial charge in [0.1, 0.15) is 0 Å². The molecule has 1 saturated carbocycles. The van der Waals surface area contributed by atoms with Gasteiger partial charge in [-0.25, -0.2) is 0 Å². The van der Waals surface area contributed by atoms with E-state index in [0.717, 1.165) is 37.4 Å². The van der Waals surface area contributed by atoms with E-state index in [1.807, 2.05) is 19.2 Å². The van der Waals surface area contributed by atoms with E-state index in [1.165, 1.54) is 12.0 Å². The Morgan fingerprint density at radius 3 is 2.48 bits per heavy atom. The van der Waals surface area contributed by atoms with Gasteiger partial charge in [-0.1, -0.05) is 30.2 Å². The molecule has 1 aromatic carbocycles. The molecule has 2 rings (SSSR count). The van der Waals surface area contributed by atoms with Gasteiger partial charge < -0.3 is 10.6 Å². The highest BCUT2D eigenvalue weighted by Gasteiger charge is 2.38. The molecule has 0 bridgehead atoms. The highest BCUT2D eigenvalue weighted by Crippen LogP contribution is 2.43. The van der Waals surface area contributed by atoms with Crippen LogP contribution in [-0.2, 0) is 10.2 Å². The van der Waals surface area contributed by atoms with Crippen molar-refractivity contribution in [1.29, 1.82) is 0 Å². The van der Waals surface area contributed by atoms with Crippen molar-refractivity contribution < 1.29 is 4.79 Å². The van der Waals surface area contributed by atoms with E-state index in [4.69, 9.17) is 11.6 Å². The van der Waals surface area contributed by atoms with Gasteiger partial charge in [0, 0.05) is 23.4 Å². The van der Waals surface area contributed by atoms with Gasteiger partial charge in [-0.2, -0.15) is 0 Å². The van der Waals surface area contributed by atoms with Gasteiger partial charge in [-0.05, 0) is 50.6 Å². The Morgan fingerprint density at radius 2 is 1.95 bits per heavy atom. The standard InChI is InChI=1S/C16H23ClN2O.ClH/c1-18-11-2-4-15(20)19-12-16(9-3-10-16)13-5-7-14(17)8-6-13;/h5-8,18H,2-4,9-12H2,1H3,(H,19,20);1H. The predicted octanol–water partition coefficient (Wildman–Crippen LogP) is 3.30. The van der Waals surface area contributed by atoms with E-state index in [0.29, 0.717) is 6.42 Å². The average Bonchev–Trinajstić information content (AvgIpc) is 2.40. The summed E-state index contributed by atoms with van der Waals surface area (Å²) in [5.74, 6) is 0.153. The molecule has 1 fully saturated rings. The molecule has 0 atom stereocenters. The van der Waals surface area contributed by atoms with Crippen LogP contribution < -0.4 is 10.6 Å². The molecular formula is C16H24Cl2N2O. The van der Waals surface area contributed by atoms with Crippen LogP contribution in [0.3, 0.4) is 0 Å². The minimum absolute atomic E-state index is 0. The summed E-state index contributed by atoms with van der Waals surface area (Å²) in [5, 5.41) is 6.92. The molecule has 3 nitrogen and oxygen atoms in total. The SMILES string of the molecule is CNCCCC(=O)NCC1(c2ccc(Cl)cc2)CCC1.Cl. The van der Waals surface area contributed by atoms with Crippen LogP contribution in [0.4, 0.5) is 0 Å². The summed E-state index contributed by atoms with van der Waals surface area (Å²) in [6.45, 7) is 1.63. The lowest BCUT2D eigenvalue weighted by atomic mass is 9.64. The molecule has 1 amide bonds. The van der Waals surface area contributed by atoms with Crippen LogP contribution in [0.15, 0.2) is 24.3 Å². The molecular weight excluding hydrogens is 307 g/mol. The van der Waals surface area contributed by atoms with Crippen molar-refractivity contribution in [3.63, 3.8) is 0 Å². The average molecular weight is 331 g/mol. The summed E-state index contributed by atoms with van der Waals surface area (Å²) in [7, 11) is 1.90. The molecule has 1 aliphatic carbocycles. The Hall–Kier alpha value is -0.770. The Bertz CT molecular complexity index is 444. The summed E-state index contributed by atoms with van der Waals surface area (Å²) in [5.41, 5.74) is 1.42. The molecule has 2 N–H and O–H groups in total. The van der Waals surface area contributed by atoms with Crippen LogP contribution in [0.2, 0.25) is 5.02 Å². The minimum Gasteiger partial charge on any atom is -0.355 e. The molecule has 0 aromatic heterocycles. The maximum atomic E-state index is 11.8. The Kier molecular flexibility index (Phi) is 7.50. The largest absolute Gasteiger partial charge is 0.355 e. The smallest absolute Gasteiger partial charge is 0.220 e. The first kappa shape index (κ1) is 18.3. The van der Waals surface area contributed by atoms with Gasteiger partial charge in [0.05, 0.1) is 0 Å². The third kappa shape index (κ3) is 4.87. The van der Waals surface area contributed by atoms with Crippen molar-refractivity contribution in [3.05, 3.63) is 34.9 Å². The second-order valence-corrected chi connectivity index (χ2v) is 6.06. The van der Waals surface area contributed by atoms with Crippen molar-refractivity contribution in [2.75, 3.05) is 20.1 Å². The van der Waals surface area contributed by atoms with Gasteiger partial charge >= 0.3 is 0 Å². The third-order valence-corrected chi connectivity index (χ3v) is 4.47. The lowest BCUT2D eigenvalue weighted by molar-refractivity contribution is -0.121. The number of hydrogen-bond donors (Lipinski definition) is 2. The van der Waals surface area contributed by atoms with Crippen molar-refractivity contribution in [2.45, 2.75) is 37.5 Å². The third-order valence-electron chi connectivity index (χ3n) is 4.22. The van der Waals surface area contributed by atoms with E-state index in [-0.39, 0.29) is 23.7 Å². The topological polar surface area (TPSA) is 41.1 Å². The van der Waals surface area contributed by atoms with E-state index < -0.39 is 0 Å². The molecule has 0 heterocycles. The zero-order valence-electron chi connectivity index (χ0n) is 12.5. The second-order valence-electron chi connectivity index (χ2n) is 5.62. The molecule has 0 radical (unpaired) electrons. The number of amides is 1. The lowest BCUT2D eigenvalue weighted by Crippen LogP contribution is -2.45. The zero-order valence-corrected chi connectivity index (χ0v) is 14.0. The first-order chi connectivity index (χ1) is 9.66. The molecule has 118 valence electrons. The minimum atomic E-state index is 0. The molecule has 5 heteroatoms. The van der Waals surface area contributed by atoms with Crippen molar-refractivity contribution in [1.82, 2.24) is 10.6 Å². The molecule has 21 heavy (non-hydrogen) atoms. The molecule has 0 unspecified atom stereocenters. The van der Waals surface area contributed by atoms with Gasteiger partial charge in [0.15, 0.2) is 0 Å². The quantitative estimate of drug-likeness (QED) is 0.753. The van der Waals surface area contributed by atoms with Gasteiger partial charge in [0.25, 0.3) is 0 Å². The fourth-order valence-corrected chi connectivity index (χ4v) is 2.88. The van der Waals surface area contributed by atoms with E-state index in [9.17, 15) is 4.79 Å². The van der Waals surface area contributed by atoms with Crippen LogP contribution in [0.25, 0.3) is 0 Å². The van der Waals surface area contributed by atoms with Crippen molar-refractivity contribution in [2.24, 2.45) is 0 Å². The van der Waals surface area contributed by atoms with Crippen LogP contribution in [0.5, 0.6) is 0 Å². The van der Waals surface area contributed by atoms with E-state index in [2.05, 4.69) is 22.8 Å². The molecule has 0 aliphatic heterocycles. The highest BCUT2D eigenvalue weighted by molar-refractivity contribution is 6.30. The normalized spacial score (nSPS) is 15.7. The number of halogens is 2. The Morgan fingerprint density at radius 1 is 1.29 bits per heavy atom. The Labute approximate surface area is 138 Å². The number of carbonyl (C=O) groups excluding carboxylic acids is 1. The fraction of sp³-hybridized carbons (Fsp3) is 0.562. The summed E-state index contributed by atoms with van der Waals surface area (Å²) in [4.78, 5) is 11.8. The van der Waals surface area contributed by atoms with Gasteiger partial charge in [0.2, 0.25) is 5.91 Å². The molecule has 1 aliphatic rings. The zero-order chi connectivity index (χ0) is 14.4. The van der Waals surface area contributed by atoms with Crippen LogP contribution in [0.1, 0.15) is 37.7 Å². The highest BCUT2D eigenvalue weighted by atomic mass is 35.5. The summed E-state index contributed by atoms with van der Waals surface area (Å²) < 4.78 is 0. The predicted molar refractivity (Wildman–Crippen MR) is 90.4 cm³/mol. The van der Waals surface area contributed by atoms with Crippen LogP contribution in [-0.4, -0.2) is 26.0 Å². The monoisotopic (exact) mass is 330 g/mol. The number of hydrogen-bond acceptors (Lipinski definition) is 2. The van der Waals surface area contributed by atoms with Crippen molar-refractivity contribution >= 4 is 29.9 Å². The maximum Gasteiger partial charge on any atom is 0.220 e. The van der Waals surface area contributed by atoms with Gasteiger partial charge in [-0.3, -0.25) is 4.79 Å². The first-order valence-electron chi connectivity index (χ1n) is 7.34. The molecule has 0 spiro atoms. The summed E-state index contributed by atoms with van der Waals surface area (Å²) in [6, 6.07) is 8.06. The second kappa shape index (κ2) is 8.62. The number of carbonyl (C=O) groups is 1. The van der Waals surface area contributed by atoms with Crippen molar-refractivity contribution in [3.8, 4) is 0 Å². The molecule has 1 aromatic rings. The summed E-state index contributed by atoms with van der Waals surface area (Å²) >= 11 is 5.95. The number of nitrogens with one attached hydrogen (secondary N) is 2. The number of rotatable bonds is 7. The number of benzene rings is 1. The molecule has 0 saturated heterocycles. The van der Waals surface area contributed by atoms with Crippen LogP contribution in [0, 0.1) is 0 Å². The van der Waals surface area contributed by atoms with E-state index >= 15 is 0 Å². The fourth-order valence-electron chi connectivity index (χ4n) is 2.76. The van der Waals surface area contributed by atoms with Crippen LogP contribution >= 0.6 is 24.0 Å². The lowest BCUT2D eigenvalue weighted by Gasteiger charge is -2.42. The first-order valence-corrected chi connectivity index (χ1v) is 7.71. The summed E-state index contributed by atoms with van der Waals surface area (Å²) in [6.07, 6.45) is 5.00. The van der Waals surface area contributed by atoms with Gasteiger partial charge in [-0.15, -0.1) is 12.4 Å². The van der Waals surface area contributed by atoms with E-state index in [1.54, 1.807) is 0 Å². The maximum absolute atomic E-state index is 11.8. The Balaban J connectivity index is 0.00000220.